The summed E-state index contributed by atoms with van der Waals surface area (Å²) in [5, 5.41) is 9.59. The second-order valence-corrected chi connectivity index (χ2v) is 8.46. The number of hydrogen-bond donors (Lipinski definition) is 4. The highest BCUT2D eigenvalue weighted by atomic mass is 32.2. The number of thiocarbonyl (C=S) groups is 1. The SMILES string of the molecule is CCNC(=S)Nc1ccc2ncc(Nc3ccc(C)c(NS(C)(=O)=O)c3)nc2n1. The highest BCUT2D eigenvalue weighted by Crippen LogP contribution is 2.24. The van der Waals surface area contributed by atoms with Crippen molar-refractivity contribution < 1.29 is 8.42 Å². The number of aryl methyl sites for hydroxylation is 1. The van der Waals surface area contributed by atoms with Crippen molar-refractivity contribution >= 4 is 61.5 Å². The third kappa shape index (κ3) is 5.72. The van der Waals surface area contributed by atoms with Crippen LogP contribution in [-0.2, 0) is 10.0 Å². The average Bonchev–Trinajstić information content (AvgIpc) is 2.63. The predicted molar refractivity (Wildman–Crippen MR) is 120 cm³/mol. The Morgan fingerprint density at radius 1 is 1.14 bits per heavy atom. The molecule has 2 aromatic heterocycles. The zero-order valence-corrected chi connectivity index (χ0v) is 17.8. The van der Waals surface area contributed by atoms with Gasteiger partial charge in [0.2, 0.25) is 10.0 Å². The van der Waals surface area contributed by atoms with E-state index in [9.17, 15) is 8.42 Å². The Balaban J connectivity index is 1.85. The van der Waals surface area contributed by atoms with Crippen LogP contribution in [0.2, 0.25) is 0 Å². The summed E-state index contributed by atoms with van der Waals surface area (Å²) in [6.07, 6.45) is 2.70. The molecule has 0 spiro atoms. The molecule has 2 heterocycles. The van der Waals surface area contributed by atoms with Crippen LogP contribution < -0.4 is 20.7 Å². The molecule has 4 N–H and O–H groups in total. The molecule has 0 amide bonds. The van der Waals surface area contributed by atoms with E-state index in [2.05, 4.69) is 35.6 Å². The van der Waals surface area contributed by atoms with Gasteiger partial charge in [0, 0.05) is 12.2 Å². The number of aromatic nitrogens is 3. The molecule has 29 heavy (non-hydrogen) atoms. The van der Waals surface area contributed by atoms with Crippen LogP contribution in [-0.4, -0.2) is 41.3 Å². The fraction of sp³-hybridized carbons (Fsp3) is 0.222. The van der Waals surface area contributed by atoms with Gasteiger partial charge in [-0.25, -0.2) is 23.4 Å². The molecule has 0 aliphatic carbocycles. The standard InChI is InChI=1S/C18H21N7O2S2/c1-4-19-18(28)24-15-8-7-13-17(22-15)23-16(10-20-13)21-12-6-5-11(2)14(9-12)25-29(3,26)27/h5-10,25H,4H2,1-3H3,(H3,19,21,22,23,24,28). The smallest absolute Gasteiger partial charge is 0.229 e. The summed E-state index contributed by atoms with van der Waals surface area (Å²) in [7, 11) is -3.38. The van der Waals surface area contributed by atoms with Crippen molar-refractivity contribution in [1.29, 1.82) is 0 Å². The number of sulfonamides is 1. The molecular weight excluding hydrogens is 410 g/mol. The number of fused-ring (bicyclic) bond motifs is 1. The zero-order valence-electron chi connectivity index (χ0n) is 16.1. The minimum absolute atomic E-state index is 0.445. The van der Waals surface area contributed by atoms with Crippen molar-refractivity contribution in [2.75, 3.05) is 28.2 Å². The van der Waals surface area contributed by atoms with E-state index in [1.165, 1.54) is 0 Å². The van der Waals surface area contributed by atoms with Gasteiger partial charge in [-0.1, -0.05) is 6.07 Å². The quantitative estimate of drug-likeness (QED) is 0.437. The highest BCUT2D eigenvalue weighted by molar-refractivity contribution is 7.92. The number of nitrogens with zero attached hydrogens (tertiary/aromatic N) is 3. The summed E-state index contributed by atoms with van der Waals surface area (Å²) in [4.78, 5) is 13.3. The second kappa shape index (κ2) is 8.53. The molecule has 1 aromatic carbocycles. The Bertz CT molecular complexity index is 1170. The van der Waals surface area contributed by atoms with Crippen LogP contribution in [0.15, 0.2) is 36.5 Å². The van der Waals surface area contributed by atoms with E-state index in [0.29, 0.717) is 45.8 Å². The van der Waals surface area contributed by atoms with Crippen LogP contribution >= 0.6 is 12.2 Å². The maximum Gasteiger partial charge on any atom is 0.229 e. The number of pyridine rings is 1. The van der Waals surface area contributed by atoms with Crippen molar-refractivity contribution in [3.63, 3.8) is 0 Å². The lowest BCUT2D eigenvalue weighted by Gasteiger charge is -2.12. The van der Waals surface area contributed by atoms with E-state index >= 15 is 0 Å². The van der Waals surface area contributed by atoms with Crippen molar-refractivity contribution in [2.45, 2.75) is 13.8 Å². The first-order valence-electron chi connectivity index (χ1n) is 8.77. The van der Waals surface area contributed by atoms with Gasteiger partial charge in [-0.15, -0.1) is 0 Å². The van der Waals surface area contributed by atoms with Crippen molar-refractivity contribution in [1.82, 2.24) is 20.3 Å². The van der Waals surface area contributed by atoms with Crippen LogP contribution in [0.3, 0.4) is 0 Å². The fourth-order valence-corrected chi connectivity index (χ4v) is 3.37. The number of benzene rings is 1. The monoisotopic (exact) mass is 431 g/mol. The van der Waals surface area contributed by atoms with Gasteiger partial charge in [0.1, 0.15) is 11.3 Å². The normalized spacial score (nSPS) is 11.1. The molecule has 11 heteroatoms. The van der Waals surface area contributed by atoms with Crippen molar-refractivity contribution in [3.8, 4) is 0 Å². The maximum absolute atomic E-state index is 11.5. The van der Waals surface area contributed by atoms with Gasteiger partial charge in [0.05, 0.1) is 18.1 Å². The molecule has 3 aromatic rings. The van der Waals surface area contributed by atoms with E-state index in [1.807, 2.05) is 26.0 Å². The third-order valence-corrected chi connectivity index (χ3v) is 4.63. The van der Waals surface area contributed by atoms with Gasteiger partial charge >= 0.3 is 0 Å². The summed E-state index contributed by atoms with van der Waals surface area (Å²) in [6, 6.07) is 8.91. The summed E-state index contributed by atoms with van der Waals surface area (Å²) < 4.78 is 25.6. The fourth-order valence-electron chi connectivity index (χ4n) is 2.51. The lowest BCUT2D eigenvalue weighted by Crippen LogP contribution is -2.28. The molecule has 9 nitrogen and oxygen atoms in total. The lowest BCUT2D eigenvalue weighted by atomic mass is 10.2. The molecular formula is C18H21N7O2S2. The van der Waals surface area contributed by atoms with Crippen molar-refractivity contribution in [2.24, 2.45) is 0 Å². The van der Waals surface area contributed by atoms with Crippen LogP contribution in [0.25, 0.3) is 11.2 Å². The van der Waals surface area contributed by atoms with Gasteiger partial charge in [-0.05, 0) is 55.9 Å². The van der Waals surface area contributed by atoms with Crippen molar-refractivity contribution in [3.05, 3.63) is 42.1 Å². The van der Waals surface area contributed by atoms with Gasteiger partial charge in [0.25, 0.3) is 0 Å². The summed E-state index contributed by atoms with van der Waals surface area (Å²) in [5.41, 5.74) is 3.05. The van der Waals surface area contributed by atoms with E-state index in [1.54, 1.807) is 24.4 Å². The molecule has 0 atom stereocenters. The molecule has 0 fully saturated rings. The zero-order chi connectivity index (χ0) is 21.0. The first-order chi connectivity index (χ1) is 13.7. The average molecular weight is 432 g/mol. The molecule has 152 valence electrons. The van der Waals surface area contributed by atoms with Gasteiger partial charge in [0.15, 0.2) is 16.6 Å². The second-order valence-electron chi connectivity index (χ2n) is 6.31. The Morgan fingerprint density at radius 3 is 2.62 bits per heavy atom. The molecule has 0 saturated heterocycles. The largest absolute Gasteiger partial charge is 0.363 e. The Labute approximate surface area is 174 Å². The Hall–Kier alpha value is -3.05. The molecule has 0 radical (unpaired) electrons. The minimum atomic E-state index is -3.38. The predicted octanol–water partition coefficient (Wildman–Crippen LogP) is 2.75. The first kappa shape index (κ1) is 20.7. The highest BCUT2D eigenvalue weighted by Gasteiger charge is 2.08. The lowest BCUT2D eigenvalue weighted by molar-refractivity contribution is 0.607. The van der Waals surface area contributed by atoms with Crippen LogP contribution in [0.4, 0.5) is 23.0 Å². The van der Waals surface area contributed by atoms with E-state index < -0.39 is 10.0 Å². The Morgan fingerprint density at radius 2 is 1.90 bits per heavy atom. The summed E-state index contributed by atoms with van der Waals surface area (Å²) in [5.74, 6) is 1.04. The number of hydrogen-bond acceptors (Lipinski definition) is 7. The summed E-state index contributed by atoms with van der Waals surface area (Å²) in [6.45, 7) is 4.48. The number of rotatable bonds is 6. The summed E-state index contributed by atoms with van der Waals surface area (Å²) >= 11 is 5.17. The number of nitrogens with one attached hydrogen (secondary N) is 4. The first-order valence-corrected chi connectivity index (χ1v) is 11.1. The minimum Gasteiger partial charge on any atom is -0.363 e. The maximum atomic E-state index is 11.5. The van der Waals surface area contributed by atoms with Gasteiger partial charge in [-0.3, -0.25) is 4.72 Å². The Kier molecular flexibility index (Phi) is 6.09. The van der Waals surface area contributed by atoms with Gasteiger partial charge in [-0.2, -0.15) is 0 Å². The third-order valence-electron chi connectivity index (χ3n) is 3.79. The van der Waals surface area contributed by atoms with Crippen LogP contribution in [0.1, 0.15) is 12.5 Å². The molecule has 0 saturated carbocycles. The number of anilines is 4. The molecule has 0 aliphatic heterocycles. The van der Waals surface area contributed by atoms with E-state index in [4.69, 9.17) is 12.2 Å². The molecule has 0 unspecified atom stereocenters. The van der Waals surface area contributed by atoms with E-state index in [-0.39, 0.29) is 0 Å². The topological polar surface area (TPSA) is 121 Å². The van der Waals surface area contributed by atoms with E-state index in [0.717, 1.165) is 11.8 Å². The molecule has 0 bridgehead atoms. The molecule has 3 rings (SSSR count). The van der Waals surface area contributed by atoms with Gasteiger partial charge < -0.3 is 16.0 Å². The van der Waals surface area contributed by atoms with Crippen LogP contribution in [0, 0.1) is 6.92 Å². The van der Waals surface area contributed by atoms with Crippen LogP contribution in [0.5, 0.6) is 0 Å². The molecule has 0 aliphatic rings.